The third kappa shape index (κ3) is 2.69. The number of likely N-dealkylation sites (N-methyl/N-ethyl adjacent to an activating group) is 1. The fourth-order valence-corrected chi connectivity index (χ4v) is 2.38. The summed E-state index contributed by atoms with van der Waals surface area (Å²) in [6.07, 6.45) is 3.44. The van der Waals surface area contributed by atoms with E-state index in [2.05, 4.69) is 5.32 Å². The number of hydrogen-bond acceptors (Lipinski definition) is 4. The van der Waals surface area contributed by atoms with Crippen molar-refractivity contribution < 1.29 is 14.4 Å². The Balaban J connectivity index is 1.79. The highest BCUT2D eigenvalue weighted by Crippen LogP contribution is 2.11. The molecule has 3 amide bonds. The molecule has 0 bridgehead atoms. The molecule has 0 aliphatic carbocycles. The predicted molar refractivity (Wildman–Crippen MR) is 64.6 cm³/mol. The molecule has 2 aliphatic rings. The number of amides is 3. The first-order valence-corrected chi connectivity index (χ1v) is 6.41. The predicted octanol–water partition coefficient (Wildman–Crippen LogP) is -0.654. The van der Waals surface area contributed by atoms with E-state index in [1.807, 2.05) is 4.90 Å². The smallest absolute Gasteiger partial charge is 0.246 e. The van der Waals surface area contributed by atoms with Crippen LogP contribution in [-0.2, 0) is 14.4 Å². The van der Waals surface area contributed by atoms with Crippen molar-refractivity contribution >= 4 is 17.7 Å². The number of imide groups is 1. The van der Waals surface area contributed by atoms with Crippen LogP contribution in [0.25, 0.3) is 0 Å². The van der Waals surface area contributed by atoms with Crippen LogP contribution in [0.3, 0.4) is 0 Å². The van der Waals surface area contributed by atoms with Gasteiger partial charge in [-0.1, -0.05) is 0 Å². The maximum absolute atomic E-state index is 11.9. The van der Waals surface area contributed by atoms with Crippen LogP contribution in [-0.4, -0.2) is 60.2 Å². The normalized spacial score (nSPS) is 24.8. The Bertz CT molecular complexity index is 364. The summed E-state index contributed by atoms with van der Waals surface area (Å²) < 4.78 is 0. The SMILES string of the molecule is CN1C(=O)CC(NCC(=O)N2CCCCC2)C1=O. The Kier molecular flexibility index (Phi) is 3.96. The Morgan fingerprint density at radius 2 is 1.94 bits per heavy atom. The Morgan fingerprint density at radius 1 is 1.28 bits per heavy atom. The molecule has 2 rings (SSSR count). The Hall–Kier alpha value is -1.43. The van der Waals surface area contributed by atoms with Gasteiger partial charge < -0.3 is 4.90 Å². The number of nitrogens with zero attached hydrogens (tertiary/aromatic N) is 2. The maximum atomic E-state index is 11.9. The van der Waals surface area contributed by atoms with Gasteiger partial charge in [-0.25, -0.2) is 0 Å². The molecular formula is C12H19N3O3. The number of likely N-dealkylation sites (tertiary alicyclic amines) is 2. The molecule has 0 spiro atoms. The highest BCUT2D eigenvalue weighted by atomic mass is 16.2. The van der Waals surface area contributed by atoms with Gasteiger partial charge in [0.05, 0.1) is 19.0 Å². The van der Waals surface area contributed by atoms with Crippen LogP contribution in [0, 0.1) is 0 Å². The summed E-state index contributed by atoms with van der Waals surface area (Å²) in [7, 11) is 1.47. The largest absolute Gasteiger partial charge is 0.342 e. The minimum absolute atomic E-state index is 0.0181. The number of rotatable bonds is 3. The first kappa shape index (κ1) is 13.0. The summed E-state index contributed by atoms with van der Waals surface area (Å²) in [6, 6.07) is -0.531. The molecule has 100 valence electrons. The standard InChI is InChI=1S/C12H19N3O3/c1-14-10(16)7-9(12(14)18)13-8-11(17)15-5-3-2-4-6-15/h9,13H,2-8H2,1H3. The van der Waals surface area contributed by atoms with E-state index in [1.54, 1.807) is 0 Å². The molecule has 0 radical (unpaired) electrons. The summed E-state index contributed by atoms with van der Waals surface area (Å²) in [4.78, 5) is 37.7. The van der Waals surface area contributed by atoms with E-state index in [9.17, 15) is 14.4 Å². The summed E-state index contributed by atoms with van der Waals surface area (Å²) in [6.45, 7) is 1.74. The third-order valence-corrected chi connectivity index (χ3v) is 3.59. The van der Waals surface area contributed by atoms with E-state index in [1.165, 1.54) is 13.5 Å². The van der Waals surface area contributed by atoms with Crippen LogP contribution in [0.15, 0.2) is 0 Å². The van der Waals surface area contributed by atoms with E-state index in [0.29, 0.717) is 0 Å². The number of nitrogens with one attached hydrogen (secondary N) is 1. The van der Waals surface area contributed by atoms with E-state index in [-0.39, 0.29) is 30.7 Å². The summed E-state index contributed by atoms with van der Waals surface area (Å²) in [5.74, 6) is -0.418. The van der Waals surface area contributed by atoms with Crippen molar-refractivity contribution in [1.29, 1.82) is 0 Å². The van der Waals surface area contributed by atoms with Gasteiger partial charge in [-0.2, -0.15) is 0 Å². The first-order chi connectivity index (χ1) is 8.59. The van der Waals surface area contributed by atoms with Crippen molar-refractivity contribution in [3.8, 4) is 0 Å². The lowest BCUT2D eigenvalue weighted by atomic mass is 10.1. The molecule has 2 fully saturated rings. The van der Waals surface area contributed by atoms with Crippen LogP contribution in [0.2, 0.25) is 0 Å². The van der Waals surface area contributed by atoms with Crippen molar-refractivity contribution in [1.82, 2.24) is 15.1 Å². The average Bonchev–Trinajstić information content (AvgIpc) is 2.64. The molecule has 1 unspecified atom stereocenters. The molecular weight excluding hydrogens is 234 g/mol. The fraction of sp³-hybridized carbons (Fsp3) is 0.750. The second-order valence-corrected chi connectivity index (χ2v) is 4.87. The molecule has 0 aromatic rings. The highest BCUT2D eigenvalue weighted by molar-refractivity contribution is 6.05. The molecule has 0 aromatic carbocycles. The highest BCUT2D eigenvalue weighted by Gasteiger charge is 2.36. The lowest BCUT2D eigenvalue weighted by molar-refractivity contribution is -0.137. The van der Waals surface area contributed by atoms with Gasteiger partial charge in [-0.3, -0.25) is 24.6 Å². The van der Waals surface area contributed by atoms with E-state index >= 15 is 0 Å². The van der Waals surface area contributed by atoms with Gasteiger partial charge in [-0.05, 0) is 19.3 Å². The molecule has 2 aliphatic heterocycles. The Morgan fingerprint density at radius 3 is 2.50 bits per heavy atom. The van der Waals surface area contributed by atoms with Gasteiger partial charge in [0.1, 0.15) is 0 Å². The zero-order valence-corrected chi connectivity index (χ0v) is 10.6. The van der Waals surface area contributed by atoms with Crippen molar-refractivity contribution in [3.63, 3.8) is 0 Å². The van der Waals surface area contributed by atoms with Gasteiger partial charge in [0.15, 0.2) is 0 Å². The van der Waals surface area contributed by atoms with Crippen molar-refractivity contribution in [2.24, 2.45) is 0 Å². The number of hydrogen-bond donors (Lipinski definition) is 1. The van der Waals surface area contributed by atoms with Crippen LogP contribution in [0.5, 0.6) is 0 Å². The van der Waals surface area contributed by atoms with Crippen molar-refractivity contribution in [3.05, 3.63) is 0 Å². The van der Waals surface area contributed by atoms with Gasteiger partial charge in [0.2, 0.25) is 17.7 Å². The van der Waals surface area contributed by atoms with Crippen LogP contribution < -0.4 is 5.32 Å². The minimum atomic E-state index is -0.531. The van der Waals surface area contributed by atoms with Gasteiger partial charge in [-0.15, -0.1) is 0 Å². The molecule has 6 nitrogen and oxygen atoms in total. The van der Waals surface area contributed by atoms with Gasteiger partial charge in [0, 0.05) is 20.1 Å². The van der Waals surface area contributed by atoms with Gasteiger partial charge >= 0.3 is 0 Å². The summed E-state index contributed by atoms with van der Waals surface area (Å²) in [5, 5.41) is 2.89. The monoisotopic (exact) mass is 253 g/mol. The van der Waals surface area contributed by atoms with E-state index < -0.39 is 6.04 Å². The van der Waals surface area contributed by atoms with Gasteiger partial charge in [0.25, 0.3) is 0 Å². The average molecular weight is 253 g/mol. The second-order valence-electron chi connectivity index (χ2n) is 4.87. The van der Waals surface area contributed by atoms with Crippen LogP contribution in [0.1, 0.15) is 25.7 Å². The number of carbonyl (C=O) groups is 3. The molecule has 6 heteroatoms. The first-order valence-electron chi connectivity index (χ1n) is 6.41. The molecule has 0 aromatic heterocycles. The quantitative estimate of drug-likeness (QED) is 0.678. The molecule has 1 atom stereocenters. The second kappa shape index (κ2) is 5.48. The van der Waals surface area contributed by atoms with Crippen molar-refractivity contribution in [2.75, 3.05) is 26.7 Å². The third-order valence-electron chi connectivity index (χ3n) is 3.59. The zero-order valence-electron chi connectivity index (χ0n) is 10.6. The molecule has 0 saturated carbocycles. The lowest BCUT2D eigenvalue weighted by Gasteiger charge is -2.27. The minimum Gasteiger partial charge on any atom is -0.342 e. The van der Waals surface area contributed by atoms with E-state index in [4.69, 9.17) is 0 Å². The topological polar surface area (TPSA) is 69.7 Å². The Labute approximate surface area is 106 Å². The molecule has 1 N–H and O–H groups in total. The van der Waals surface area contributed by atoms with Crippen LogP contribution in [0.4, 0.5) is 0 Å². The van der Waals surface area contributed by atoms with Crippen LogP contribution >= 0.6 is 0 Å². The molecule has 2 saturated heterocycles. The lowest BCUT2D eigenvalue weighted by Crippen LogP contribution is -2.45. The van der Waals surface area contributed by atoms with E-state index in [0.717, 1.165) is 30.8 Å². The van der Waals surface area contributed by atoms with Crippen molar-refractivity contribution in [2.45, 2.75) is 31.7 Å². The summed E-state index contributed by atoms with van der Waals surface area (Å²) >= 11 is 0. The fourth-order valence-electron chi connectivity index (χ4n) is 2.38. The summed E-state index contributed by atoms with van der Waals surface area (Å²) in [5.41, 5.74) is 0. The maximum Gasteiger partial charge on any atom is 0.246 e. The zero-order chi connectivity index (χ0) is 13.1. The molecule has 2 heterocycles. The number of carbonyl (C=O) groups excluding carboxylic acids is 3. The molecule has 18 heavy (non-hydrogen) atoms. The number of piperidine rings is 1.